The number of fused-ring (bicyclic) bond motifs is 3. The third-order valence-electron chi connectivity index (χ3n) is 3.94. The molecule has 0 fully saturated rings. The van der Waals surface area contributed by atoms with Crippen LogP contribution in [0.25, 0.3) is 21.9 Å². The van der Waals surface area contributed by atoms with Crippen molar-refractivity contribution < 1.29 is 4.42 Å². The molecule has 0 N–H and O–H groups in total. The number of para-hydroxylation sites is 1. The second-order valence-corrected chi connectivity index (χ2v) is 6.42. The van der Waals surface area contributed by atoms with Crippen LogP contribution in [0.2, 0.25) is 0 Å². The zero-order chi connectivity index (χ0) is 13.8. The normalized spacial score (nSPS) is 12.5. The Morgan fingerprint density at radius 1 is 0.947 bits per heavy atom. The number of aryl methyl sites for hydroxylation is 1. The van der Waals surface area contributed by atoms with Gasteiger partial charge in [-0.15, -0.1) is 0 Å². The molecular formula is C18H20O. The summed E-state index contributed by atoms with van der Waals surface area (Å²) >= 11 is 0. The van der Waals surface area contributed by atoms with Gasteiger partial charge in [0, 0.05) is 16.3 Å². The van der Waals surface area contributed by atoms with Crippen LogP contribution in [0.5, 0.6) is 0 Å². The molecule has 1 heterocycles. The van der Waals surface area contributed by atoms with E-state index in [9.17, 15) is 0 Å². The Labute approximate surface area is 114 Å². The van der Waals surface area contributed by atoms with Crippen molar-refractivity contribution >= 4 is 21.9 Å². The van der Waals surface area contributed by atoms with Crippen LogP contribution in [0, 0.1) is 13.8 Å². The van der Waals surface area contributed by atoms with Crippen molar-refractivity contribution in [3.8, 4) is 0 Å². The average Bonchev–Trinajstić information content (AvgIpc) is 2.66. The van der Waals surface area contributed by atoms with Crippen LogP contribution in [0.15, 0.2) is 34.7 Å². The Morgan fingerprint density at radius 3 is 2.32 bits per heavy atom. The molecule has 0 spiro atoms. The van der Waals surface area contributed by atoms with E-state index >= 15 is 0 Å². The molecule has 0 amide bonds. The first-order chi connectivity index (χ1) is 8.89. The average molecular weight is 252 g/mol. The molecule has 0 aliphatic heterocycles. The SMILES string of the molecule is Cc1cc2c(oc3ccccc32)c(C(C)(C)C)c1C. The lowest BCUT2D eigenvalue weighted by Gasteiger charge is -2.23. The minimum absolute atomic E-state index is 0.0855. The van der Waals surface area contributed by atoms with Crippen LogP contribution in [0.3, 0.4) is 0 Å². The first kappa shape index (κ1) is 12.3. The first-order valence-electron chi connectivity index (χ1n) is 6.81. The molecular weight excluding hydrogens is 232 g/mol. The molecule has 0 aliphatic carbocycles. The van der Waals surface area contributed by atoms with E-state index in [1.807, 2.05) is 12.1 Å². The van der Waals surface area contributed by atoms with Gasteiger partial charge in [-0.3, -0.25) is 0 Å². The Balaban J connectivity index is 2.56. The molecule has 0 bridgehead atoms. The van der Waals surface area contributed by atoms with Gasteiger partial charge in [0.2, 0.25) is 0 Å². The van der Waals surface area contributed by atoms with Crippen molar-refractivity contribution in [2.45, 2.75) is 40.0 Å². The quantitative estimate of drug-likeness (QED) is 0.515. The highest BCUT2D eigenvalue weighted by Crippen LogP contribution is 2.39. The van der Waals surface area contributed by atoms with E-state index < -0.39 is 0 Å². The molecule has 19 heavy (non-hydrogen) atoms. The fraction of sp³-hybridized carbons (Fsp3) is 0.333. The number of rotatable bonds is 0. The largest absolute Gasteiger partial charge is 0.456 e. The molecule has 98 valence electrons. The van der Waals surface area contributed by atoms with E-state index in [-0.39, 0.29) is 5.41 Å². The Kier molecular flexibility index (Phi) is 2.50. The molecule has 0 aliphatic rings. The molecule has 1 heteroatoms. The van der Waals surface area contributed by atoms with Crippen molar-refractivity contribution in [1.82, 2.24) is 0 Å². The van der Waals surface area contributed by atoms with E-state index in [0.717, 1.165) is 11.2 Å². The summed E-state index contributed by atoms with van der Waals surface area (Å²) < 4.78 is 6.15. The van der Waals surface area contributed by atoms with Crippen molar-refractivity contribution in [3.05, 3.63) is 47.0 Å². The van der Waals surface area contributed by atoms with Crippen LogP contribution in [0.1, 0.15) is 37.5 Å². The number of furan rings is 1. The highest BCUT2D eigenvalue weighted by molar-refractivity contribution is 6.06. The summed E-state index contributed by atoms with van der Waals surface area (Å²) in [5, 5.41) is 2.45. The summed E-state index contributed by atoms with van der Waals surface area (Å²) in [4.78, 5) is 0. The molecule has 3 aromatic rings. The van der Waals surface area contributed by atoms with Gasteiger partial charge in [-0.05, 0) is 42.5 Å². The zero-order valence-corrected chi connectivity index (χ0v) is 12.3. The summed E-state index contributed by atoms with van der Waals surface area (Å²) in [5.74, 6) is 0. The van der Waals surface area contributed by atoms with E-state index in [1.165, 1.54) is 27.5 Å². The second-order valence-electron chi connectivity index (χ2n) is 6.42. The molecule has 0 unspecified atom stereocenters. The Morgan fingerprint density at radius 2 is 1.63 bits per heavy atom. The summed E-state index contributed by atoms with van der Waals surface area (Å²) in [5.41, 5.74) is 6.13. The topological polar surface area (TPSA) is 13.1 Å². The number of hydrogen-bond acceptors (Lipinski definition) is 1. The summed E-state index contributed by atoms with van der Waals surface area (Å²) in [6, 6.07) is 10.5. The van der Waals surface area contributed by atoms with Crippen LogP contribution in [0.4, 0.5) is 0 Å². The minimum atomic E-state index is 0.0855. The van der Waals surface area contributed by atoms with Crippen molar-refractivity contribution in [2.75, 3.05) is 0 Å². The highest BCUT2D eigenvalue weighted by atomic mass is 16.3. The van der Waals surface area contributed by atoms with Crippen molar-refractivity contribution in [1.29, 1.82) is 0 Å². The van der Waals surface area contributed by atoms with Gasteiger partial charge in [0.05, 0.1) is 0 Å². The molecule has 0 saturated carbocycles. The maximum absolute atomic E-state index is 6.15. The van der Waals surface area contributed by atoms with Gasteiger partial charge in [-0.25, -0.2) is 0 Å². The predicted octanol–water partition coefficient (Wildman–Crippen LogP) is 5.50. The molecule has 0 atom stereocenters. The standard InChI is InChI=1S/C18H20O/c1-11-10-14-13-8-6-7-9-15(13)19-17(14)16(12(11)2)18(3,4)5/h6-10H,1-5H3. The minimum Gasteiger partial charge on any atom is -0.456 e. The third kappa shape index (κ3) is 1.76. The van der Waals surface area contributed by atoms with E-state index in [0.29, 0.717) is 0 Å². The highest BCUT2D eigenvalue weighted by Gasteiger charge is 2.24. The number of benzene rings is 2. The monoisotopic (exact) mass is 252 g/mol. The van der Waals surface area contributed by atoms with Crippen LogP contribution in [-0.4, -0.2) is 0 Å². The molecule has 3 rings (SSSR count). The molecule has 2 aromatic carbocycles. The van der Waals surface area contributed by atoms with Gasteiger partial charge in [-0.1, -0.05) is 39.0 Å². The molecule has 0 saturated heterocycles. The van der Waals surface area contributed by atoms with Gasteiger partial charge in [0.25, 0.3) is 0 Å². The summed E-state index contributed by atoms with van der Waals surface area (Å²) in [6.45, 7) is 11.1. The molecule has 1 aromatic heterocycles. The van der Waals surface area contributed by atoms with Gasteiger partial charge >= 0.3 is 0 Å². The molecule has 0 radical (unpaired) electrons. The maximum Gasteiger partial charge on any atom is 0.139 e. The zero-order valence-electron chi connectivity index (χ0n) is 12.3. The summed E-state index contributed by atoms with van der Waals surface area (Å²) in [7, 11) is 0. The van der Waals surface area contributed by atoms with Crippen LogP contribution < -0.4 is 0 Å². The fourth-order valence-electron chi connectivity index (χ4n) is 2.99. The smallest absolute Gasteiger partial charge is 0.139 e. The van der Waals surface area contributed by atoms with E-state index in [2.05, 4.69) is 52.8 Å². The van der Waals surface area contributed by atoms with Crippen LogP contribution >= 0.6 is 0 Å². The van der Waals surface area contributed by atoms with Crippen molar-refractivity contribution in [2.24, 2.45) is 0 Å². The summed E-state index contributed by atoms with van der Waals surface area (Å²) in [6.07, 6.45) is 0. The van der Waals surface area contributed by atoms with Gasteiger partial charge < -0.3 is 4.42 Å². The first-order valence-corrected chi connectivity index (χ1v) is 6.81. The second kappa shape index (κ2) is 3.86. The fourth-order valence-corrected chi connectivity index (χ4v) is 2.99. The maximum atomic E-state index is 6.15. The van der Waals surface area contributed by atoms with Crippen LogP contribution in [-0.2, 0) is 5.41 Å². The van der Waals surface area contributed by atoms with E-state index in [1.54, 1.807) is 0 Å². The molecule has 1 nitrogen and oxygen atoms in total. The lowest BCUT2D eigenvalue weighted by Crippen LogP contribution is -2.14. The van der Waals surface area contributed by atoms with Gasteiger partial charge in [0.1, 0.15) is 11.2 Å². The Hall–Kier alpha value is -1.76. The Bertz CT molecular complexity index is 770. The van der Waals surface area contributed by atoms with Crippen molar-refractivity contribution in [3.63, 3.8) is 0 Å². The lowest BCUT2D eigenvalue weighted by atomic mass is 9.81. The van der Waals surface area contributed by atoms with Gasteiger partial charge in [0.15, 0.2) is 0 Å². The van der Waals surface area contributed by atoms with Gasteiger partial charge in [-0.2, -0.15) is 0 Å². The number of hydrogen-bond donors (Lipinski definition) is 0. The van der Waals surface area contributed by atoms with E-state index in [4.69, 9.17) is 4.42 Å². The lowest BCUT2D eigenvalue weighted by molar-refractivity contribution is 0.568. The third-order valence-corrected chi connectivity index (χ3v) is 3.94. The predicted molar refractivity (Wildman–Crippen MR) is 81.9 cm³/mol.